The van der Waals surface area contributed by atoms with Gasteiger partial charge in [0.15, 0.2) is 0 Å². The van der Waals surface area contributed by atoms with E-state index in [1.165, 1.54) is 4.90 Å². The molecule has 6 atom stereocenters. The normalized spacial score (nSPS) is 31.0. The number of fused-ring (bicyclic) bond motifs is 1. The maximum absolute atomic E-state index is 13.3. The number of carbonyl (C=O) groups is 3. The molecule has 0 unspecified atom stereocenters. The summed E-state index contributed by atoms with van der Waals surface area (Å²) in [5.41, 5.74) is 0. The van der Waals surface area contributed by atoms with Crippen LogP contribution in [-0.2, 0) is 19.1 Å². The predicted octanol–water partition coefficient (Wildman–Crippen LogP) is 1.11. The Hall–Kier alpha value is -1.89. The fourth-order valence-electron chi connectivity index (χ4n) is 4.33. The fraction of sp³-hybridized carbons (Fsp3) is 0.750. The Morgan fingerprint density at radius 3 is 2.44 bits per heavy atom. The summed E-state index contributed by atoms with van der Waals surface area (Å²) in [7, 11) is 0. The minimum Gasteiger partial charge on any atom is -0.466 e. The van der Waals surface area contributed by atoms with Crippen molar-refractivity contribution in [2.75, 3.05) is 13.2 Å². The lowest BCUT2D eigenvalue weighted by atomic mass is 9.69. The maximum atomic E-state index is 13.3. The SMILES string of the molecule is CCOC(=O)[C@H]1[C@H]2C(=O)N([C@H](C)CO)[C@H](C(=O)NC(C)C)[C@H]2C=C[C@H]1CC. The van der Waals surface area contributed by atoms with Gasteiger partial charge in [-0.15, -0.1) is 0 Å². The van der Waals surface area contributed by atoms with Crippen molar-refractivity contribution in [3.8, 4) is 0 Å². The molecule has 7 nitrogen and oxygen atoms in total. The number of nitrogens with zero attached hydrogens (tertiary/aromatic N) is 1. The summed E-state index contributed by atoms with van der Waals surface area (Å²) in [6, 6.07) is -1.32. The summed E-state index contributed by atoms with van der Waals surface area (Å²) >= 11 is 0. The summed E-state index contributed by atoms with van der Waals surface area (Å²) in [5, 5.41) is 12.5. The van der Waals surface area contributed by atoms with Crippen LogP contribution >= 0.6 is 0 Å². The van der Waals surface area contributed by atoms with E-state index in [1.807, 2.05) is 32.9 Å². The molecule has 0 aromatic heterocycles. The van der Waals surface area contributed by atoms with Crippen LogP contribution in [0.25, 0.3) is 0 Å². The predicted molar refractivity (Wildman–Crippen MR) is 100 cm³/mol. The van der Waals surface area contributed by atoms with Crippen molar-refractivity contribution in [2.45, 2.75) is 59.2 Å². The van der Waals surface area contributed by atoms with Gasteiger partial charge in [0, 0.05) is 12.0 Å². The highest BCUT2D eigenvalue weighted by Crippen LogP contribution is 2.45. The zero-order valence-electron chi connectivity index (χ0n) is 16.8. The van der Waals surface area contributed by atoms with Crippen LogP contribution in [0.3, 0.4) is 0 Å². The minimum atomic E-state index is -0.738. The van der Waals surface area contributed by atoms with Crippen LogP contribution < -0.4 is 5.32 Å². The van der Waals surface area contributed by atoms with Gasteiger partial charge in [-0.05, 0) is 40.0 Å². The molecule has 152 valence electrons. The molecule has 0 spiro atoms. The van der Waals surface area contributed by atoms with E-state index in [4.69, 9.17) is 4.74 Å². The van der Waals surface area contributed by atoms with Gasteiger partial charge in [0.25, 0.3) is 0 Å². The highest BCUT2D eigenvalue weighted by atomic mass is 16.5. The molecule has 0 bridgehead atoms. The largest absolute Gasteiger partial charge is 0.466 e. The lowest BCUT2D eigenvalue weighted by Gasteiger charge is -2.33. The van der Waals surface area contributed by atoms with Gasteiger partial charge in [-0.3, -0.25) is 14.4 Å². The second kappa shape index (κ2) is 8.87. The number of esters is 1. The van der Waals surface area contributed by atoms with Crippen LogP contribution in [0.1, 0.15) is 41.0 Å². The van der Waals surface area contributed by atoms with Gasteiger partial charge in [-0.1, -0.05) is 19.1 Å². The molecule has 0 aromatic carbocycles. The molecule has 1 saturated heterocycles. The van der Waals surface area contributed by atoms with E-state index in [0.717, 1.165) is 0 Å². The van der Waals surface area contributed by atoms with Crippen molar-refractivity contribution in [3.05, 3.63) is 12.2 Å². The van der Waals surface area contributed by atoms with Gasteiger partial charge in [0.2, 0.25) is 11.8 Å². The van der Waals surface area contributed by atoms with Crippen molar-refractivity contribution in [2.24, 2.45) is 23.7 Å². The van der Waals surface area contributed by atoms with Crippen LogP contribution in [0.4, 0.5) is 0 Å². The molecule has 2 rings (SSSR count). The molecule has 1 heterocycles. The van der Waals surface area contributed by atoms with Gasteiger partial charge in [0.1, 0.15) is 6.04 Å². The summed E-state index contributed by atoms with van der Waals surface area (Å²) in [4.78, 5) is 40.4. The lowest BCUT2D eigenvalue weighted by molar-refractivity contribution is -0.156. The number of hydrogen-bond donors (Lipinski definition) is 2. The Labute approximate surface area is 161 Å². The zero-order valence-corrected chi connectivity index (χ0v) is 16.8. The molecule has 2 amide bonds. The Morgan fingerprint density at radius 2 is 1.93 bits per heavy atom. The second-order valence-corrected chi connectivity index (χ2v) is 7.72. The first-order chi connectivity index (χ1) is 12.8. The third kappa shape index (κ3) is 4.03. The lowest BCUT2D eigenvalue weighted by Crippen LogP contribution is -2.52. The van der Waals surface area contributed by atoms with Crippen molar-refractivity contribution >= 4 is 17.8 Å². The quantitative estimate of drug-likeness (QED) is 0.510. The Kier molecular flexibility index (Phi) is 7.03. The van der Waals surface area contributed by atoms with E-state index in [-0.39, 0.29) is 37.0 Å². The standard InChI is InChI=1S/C20H32N2O5/c1-6-13-8-9-14-16(15(13)20(26)27-7-2)19(25)22(12(5)10-23)17(14)18(24)21-11(3)4/h8-9,11-17,23H,6-7,10H2,1-5H3,(H,21,24)/t12-,13-,14+,15-,16+,17+/m1/s1. The van der Waals surface area contributed by atoms with Crippen LogP contribution in [0.15, 0.2) is 12.2 Å². The summed E-state index contributed by atoms with van der Waals surface area (Å²) in [5.74, 6) is -2.67. The first kappa shape index (κ1) is 21.4. The van der Waals surface area contributed by atoms with Crippen LogP contribution in [-0.4, -0.2) is 59.1 Å². The number of rotatable bonds is 7. The molecule has 7 heteroatoms. The zero-order chi connectivity index (χ0) is 20.3. The average molecular weight is 380 g/mol. The van der Waals surface area contributed by atoms with E-state index in [0.29, 0.717) is 6.42 Å². The number of amides is 2. The molecule has 0 saturated carbocycles. The third-order valence-electron chi connectivity index (χ3n) is 5.52. The molecule has 1 fully saturated rings. The van der Waals surface area contributed by atoms with E-state index in [9.17, 15) is 19.5 Å². The van der Waals surface area contributed by atoms with Crippen LogP contribution in [0.5, 0.6) is 0 Å². The van der Waals surface area contributed by atoms with Gasteiger partial charge >= 0.3 is 5.97 Å². The van der Waals surface area contributed by atoms with Crippen molar-refractivity contribution in [1.29, 1.82) is 0 Å². The molecule has 2 N–H and O–H groups in total. The van der Waals surface area contributed by atoms with Crippen molar-refractivity contribution in [3.63, 3.8) is 0 Å². The number of allylic oxidation sites excluding steroid dienone is 1. The van der Waals surface area contributed by atoms with Gasteiger partial charge < -0.3 is 20.1 Å². The molecular weight excluding hydrogens is 348 g/mol. The Balaban J connectivity index is 2.48. The number of ether oxygens (including phenoxy) is 1. The van der Waals surface area contributed by atoms with Crippen molar-refractivity contribution < 1.29 is 24.2 Å². The number of hydrogen-bond acceptors (Lipinski definition) is 5. The first-order valence-electron chi connectivity index (χ1n) is 9.86. The van der Waals surface area contributed by atoms with E-state index in [1.54, 1.807) is 13.8 Å². The molecule has 1 aliphatic heterocycles. The highest BCUT2D eigenvalue weighted by Gasteiger charge is 2.58. The number of nitrogens with one attached hydrogen (secondary N) is 1. The monoisotopic (exact) mass is 380 g/mol. The van der Waals surface area contributed by atoms with Gasteiger partial charge in [-0.25, -0.2) is 0 Å². The first-order valence-corrected chi connectivity index (χ1v) is 9.86. The molecule has 0 radical (unpaired) electrons. The smallest absolute Gasteiger partial charge is 0.310 e. The van der Waals surface area contributed by atoms with Crippen molar-refractivity contribution in [1.82, 2.24) is 10.2 Å². The number of likely N-dealkylation sites (tertiary alicyclic amines) is 1. The molecule has 27 heavy (non-hydrogen) atoms. The maximum Gasteiger partial charge on any atom is 0.310 e. The highest BCUT2D eigenvalue weighted by molar-refractivity contribution is 5.96. The average Bonchev–Trinajstić information content (AvgIpc) is 2.92. The van der Waals surface area contributed by atoms with E-state index in [2.05, 4.69) is 5.32 Å². The molecule has 0 aromatic rings. The van der Waals surface area contributed by atoms with Crippen LogP contribution in [0, 0.1) is 23.7 Å². The second-order valence-electron chi connectivity index (χ2n) is 7.72. The van der Waals surface area contributed by atoms with Gasteiger partial charge in [0.05, 0.1) is 31.1 Å². The number of aliphatic hydroxyl groups excluding tert-OH is 1. The Morgan fingerprint density at radius 1 is 1.26 bits per heavy atom. The fourth-order valence-corrected chi connectivity index (χ4v) is 4.33. The van der Waals surface area contributed by atoms with E-state index < -0.39 is 35.8 Å². The molecule has 1 aliphatic carbocycles. The summed E-state index contributed by atoms with van der Waals surface area (Å²) < 4.78 is 5.26. The topological polar surface area (TPSA) is 95.9 Å². The summed E-state index contributed by atoms with van der Waals surface area (Å²) in [6.45, 7) is 9.14. The Bertz CT molecular complexity index is 603. The minimum absolute atomic E-state index is 0.0743. The van der Waals surface area contributed by atoms with Gasteiger partial charge in [-0.2, -0.15) is 0 Å². The molecule has 2 aliphatic rings. The van der Waals surface area contributed by atoms with Crippen LogP contribution in [0.2, 0.25) is 0 Å². The van der Waals surface area contributed by atoms with E-state index >= 15 is 0 Å². The molecular formula is C20H32N2O5. The summed E-state index contributed by atoms with van der Waals surface area (Å²) in [6.07, 6.45) is 4.55. The number of aliphatic hydroxyl groups is 1. The number of carbonyl (C=O) groups excluding carboxylic acids is 3. The third-order valence-corrected chi connectivity index (χ3v) is 5.52.